The van der Waals surface area contributed by atoms with Gasteiger partial charge in [0, 0.05) is 12.0 Å². The number of benzene rings is 2. The van der Waals surface area contributed by atoms with Crippen LogP contribution < -0.4 is 9.64 Å². The molecule has 224 valence electrons. The predicted molar refractivity (Wildman–Crippen MR) is 159 cm³/mol. The number of hydrogen-bond acceptors (Lipinski definition) is 6. The number of carbonyl (C=O) groups excluding carboxylic acids is 4. The van der Waals surface area contributed by atoms with Gasteiger partial charge >= 0.3 is 0 Å². The highest BCUT2D eigenvalue weighted by molar-refractivity contribution is 6.24. The number of nitrogens with zero attached hydrogens (tertiary/aromatic N) is 2. The summed E-state index contributed by atoms with van der Waals surface area (Å²) in [6.45, 7) is 1.98. The van der Waals surface area contributed by atoms with Gasteiger partial charge in [0.2, 0.25) is 23.6 Å². The summed E-state index contributed by atoms with van der Waals surface area (Å²) in [5.74, 6) is -2.34. The van der Waals surface area contributed by atoms with Gasteiger partial charge in [-0.1, -0.05) is 61.2 Å². The van der Waals surface area contributed by atoms with E-state index in [2.05, 4.69) is 6.08 Å². The molecule has 0 bridgehead atoms. The normalized spacial score (nSPS) is 32.4. The third kappa shape index (κ3) is 4.20. The van der Waals surface area contributed by atoms with Crippen LogP contribution in [-0.2, 0) is 19.2 Å². The molecular formula is C35H38N2O6. The minimum absolute atomic E-state index is 0.0396. The van der Waals surface area contributed by atoms with E-state index in [-0.39, 0.29) is 48.8 Å². The molecule has 4 fully saturated rings. The fourth-order valence-electron chi connectivity index (χ4n) is 8.86. The van der Waals surface area contributed by atoms with Crippen LogP contribution in [0.1, 0.15) is 63.4 Å². The van der Waals surface area contributed by atoms with Gasteiger partial charge in [-0.2, -0.15) is 0 Å². The van der Waals surface area contributed by atoms with Gasteiger partial charge in [0.15, 0.2) is 0 Å². The maximum absolute atomic E-state index is 14.4. The Morgan fingerprint density at radius 1 is 0.884 bits per heavy atom. The van der Waals surface area contributed by atoms with E-state index < -0.39 is 29.1 Å². The molecule has 0 aromatic heterocycles. The largest absolute Gasteiger partial charge is 0.491 e. The van der Waals surface area contributed by atoms with E-state index in [1.807, 2.05) is 49.4 Å². The van der Waals surface area contributed by atoms with Gasteiger partial charge in [0.1, 0.15) is 12.4 Å². The number of aliphatic hydroxyl groups is 1. The maximum atomic E-state index is 14.4. The zero-order valence-corrected chi connectivity index (χ0v) is 24.5. The predicted octanol–water partition coefficient (Wildman–Crippen LogP) is 4.62. The first kappa shape index (κ1) is 28.0. The van der Waals surface area contributed by atoms with E-state index >= 15 is 0 Å². The van der Waals surface area contributed by atoms with Gasteiger partial charge in [-0.3, -0.25) is 24.1 Å². The lowest BCUT2D eigenvalue weighted by Gasteiger charge is -2.49. The monoisotopic (exact) mass is 582 g/mol. The molecule has 8 nitrogen and oxygen atoms in total. The highest BCUT2D eigenvalue weighted by atomic mass is 16.5. The van der Waals surface area contributed by atoms with Crippen LogP contribution in [-0.4, -0.2) is 52.9 Å². The fraction of sp³-hybridized carbons (Fsp3) is 0.486. The van der Waals surface area contributed by atoms with Crippen molar-refractivity contribution in [3.63, 3.8) is 0 Å². The number of anilines is 1. The quantitative estimate of drug-likeness (QED) is 0.394. The zero-order chi connectivity index (χ0) is 29.9. The number of para-hydroxylation sites is 1. The van der Waals surface area contributed by atoms with Crippen molar-refractivity contribution >= 4 is 29.3 Å². The minimum atomic E-state index is -1.07. The molecule has 6 unspecified atom stereocenters. The van der Waals surface area contributed by atoms with Crippen LogP contribution in [0, 0.1) is 29.1 Å². The molecule has 2 aliphatic heterocycles. The summed E-state index contributed by atoms with van der Waals surface area (Å²) in [5, 5.41) is 9.18. The van der Waals surface area contributed by atoms with Crippen LogP contribution in [0.25, 0.3) is 0 Å². The van der Waals surface area contributed by atoms with E-state index in [1.165, 1.54) is 4.90 Å². The molecule has 2 aromatic carbocycles. The Hall–Kier alpha value is -3.78. The second-order valence-corrected chi connectivity index (χ2v) is 13.0. The number of amides is 4. The number of ether oxygens (including phenoxy) is 1. The summed E-state index contributed by atoms with van der Waals surface area (Å²) in [7, 11) is 0. The highest BCUT2D eigenvalue weighted by Gasteiger charge is 2.67. The standard InChI is InChI=1S/C35H38N2O6/c1-35-28(32(40)37(34(35)42)23-10-6-3-7-11-23)20-27-25(30(35)21-12-14-24(15-13-21)43-19-18-38)16-17-26-29(27)33(41)36(31(26)39)22-8-4-2-5-9-22/h3,6-7,10-16,22,26-30,38H,2,4-5,8-9,17-20H2,1H3. The average Bonchev–Trinajstić information content (AvgIpc) is 3.40. The topological polar surface area (TPSA) is 104 Å². The lowest BCUT2D eigenvalue weighted by atomic mass is 9.51. The summed E-state index contributed by atoms with van der Waals surface area (Å²) >= 11 is 0. The Bertz CT molecular complexity index is 1480. The second-order valence-electron chi connectivity index (χ2n) is 13.0. The van der Waals surface area contributed by atoms with Gasteiger partial charge in [0.25, 0.3) is 0 Å². The van der Waals surface area contributed by atoms with Crippen molar-refractivity contribution in [2.75, 3.05) is 18.1 Å². The molecule has 5 aliphatic rings. The maximum Gasteiger partial charge on any atom is 0.241 e. The molecule has 1 N–H and O–H groups in total. The molecule has 2 saturated carbocycles. The van der Waals surface area contributed by atoms with Crippen LogP contribution in [0.15, 0.2) is 66.2 Å². The number of hydrogen-bond donors (Lipinski definition) is 1. The molecule has 43 heavy (non-hydrogen) atoms. The van der Waals surface area contributed by atoms with Crippen LogP contribution in [0.3, 0.4) is 0 Å². The molecule has 4 amide bonds. The lowest BCUT2D eigenvalue weighted by Crippen LogP contribution is -2.49. The second kappa shape index (κ2) is 10.7. The highest BCUT2D eigenvalue weighted by Crippen LogP contribution is 2.63. The van der Waals surface area contributed by atoms with Crippen LogP contribution in [0.5, 0.6) is 5.75 Å². The van der Waals surface area contributed by atoms with Crippen molar-refractivity contribution in [2.45, 2.75) is 63.8 Å². The Morgan fingerprint density at radius 3 is 2.30 bits per heavy atom. The summed E-state index contributed by atoms with van der Waals surface area (Å²) in [6.07, 6.45) is 7.82. The van der Waals surface area contributed by atoms with Crippen LogP contribution >= 0.6 is 0 Å². The lowest BCUT2D eigenvalue weighted by molar-refractivity contribution is -0.144. The summed E-state index contributed by atoms with van der Waals surface area (Å²) < 4.78 is 5.60. The van der Waals surface area contributed by atoms with Gasteiger partial charge in [-0.05, 0) is 68.4 Å². The van der Waals surface area contributed by atoms with Gasteiger partial charge in [0.05, 0.1) is 35.5 Å². The molecule has 2 aromatic rings. The Morgan fingerprint density at radius 2 is 1.60 bits per heavy atom. The molecular weight excluding hydrogens is 544 g/mol. The molecule has 8 heteroatoms. The first-order valence-corrected chi connectivity index (χ1v) is 15.7. The first-order valence-electron chi connectivity index (χ1n) is 15.7. The number of rotatable bonds is 6. The smallest absolute Gasteiger partial charge is 0.241 e. The number of aliphatic hydroxyl groups excluding tert-OH is 1. The van der Waals surface area contributed by atoms with Gasteiger partial charge in [-0.25, -0.2) is 4.90 Å². The van der Waals surface area contributed by atoms with E-state index in [1.54, 1.807) is 17.0 Å². The third-order valence-electron chi connectivity index (χ3n) is 10.8. The van der Waals surface area contributed by atoms with Crippen molar-refractivity contribution in [1.29, 1.82) is 0 Å². The summed E-state index contributed by atoms with van der Waals surface area (Å²) in [4.78, 5) is 59.5. The van der Waals surface area contributed by atoms with Crippen molar-refractivity contribution < 1.29 is 29.0 Å². The van der Waals surface area contributed by atoms with Crippen molar-refractivity contribution in [3.8, 4) is 5.75 Å². The molecule has 0 radical (unpaired) electrons. The van der Waals surface area contributed by atoms with Crippen molar-refractivity contribution in [3.05, 3.63) is 71.8 Å². The molecule has 2 heterocycles. The molecule has 6 atom stereocenters. The fourth-order valence-corrected chi connectivity index (χ4v) is 8.86. The average molecular weight is 583 g/mol. The number of carbonyl (C=O) groups is 4. The van der Waals surface area contributed by atoms with Crippen molar-refractivity contribution in [2.24, 2.45) is 29.1 Å². The third-order valence-corrected chi connectivity index (χ3v) is 10.8. The van der Waals surface area contributed by atoms with Crippen molar-refractivity contribution in [1.82, 2.24) is 4.90 Å². The van der Waals surface area contributed by atoms with E-state index in [0.29, 0.717) is 24.3 Å². The number of fused-ring (bicyclic) bond motifs is 4. The van der Waals surface area contributed by atoms with Crippen LogP contribution in [0.2, 0.25) is 0 Å². The van der Waals surface area contributed by atoms with E-state index in [0.717, 1.165) is 43.2 Å². The number of imide groups is 2. The minimum Gasteiger partial charge on any atom is -0.491 e. The van der Waals surface area contributed by atoms with E-state index in [9.17, 15) is 24.3 Å². The SMILES string of the molecule is CC12C(=O)N(c3ccccc3)C(=O)C1CC1C(=CCC3C(=O)N(C4CCCCC4)C(=O)C31)C2c1ccc(OCCO)cc1. The molecule has 3 aliphatic carbocycles. The zero-order valence-electron chi connectivity index (χ0n) is 24.5. The number of likely N-dealkylation sites (tertiary alicyclic amines) is 1. The van der Waals surface area contributed by atoms with Crippen LogP contribution in [0.4, 0.5) is 5.69 Å². The Labute approximate surface area is 251 Å². The molecule has 0 spiro atoms. The van der Waals surface area contributed by atoms with Gasteiger partial charge < -0.3 is 9.84 Å². The molecule has 7 rings (SSSR count). The first-order chi connectivity index (χ1) is 20.9. The Balaban J connectivity index is 1.32. The summed E-state index contributed by atoms with van der Waals surface area (Å²) in [5.41, 5.74) is 1.34. The summed E-state index contributed by atoms with van der Waals surface area (Å²) in [6, 6.07) is 16.5. The van der Waals surface area contributed by atoms with E-state index in [4.69, 9.17) is 4.74 Å². The number of allylic oxidation sites excluding steroid dienone is 2. The Kier molecular flexibility index (Phi) is 7.00. The van der Waals surface area contributed by atoms with Gasteiger partial charge in [-0.15, -0.1) is 0 Å². The molecule has 2 saturated heterocycles.